The lowest BCUT2D eigenvalue weighted by molar-refractivity contribution is -0.355. The Morgan fingerprint density at radius 3 is 2.07 bits per heavy atom. The summed E-state index contributed by atoms with van der Waals surface area (Å²) in [7, 11) is -5.96. The van der Waals surface area contributed by atoms with Gasteiger partial charge in [-0.1, -0.05) is 20.4 Å². The van der Waals surface area contributed by atoms with E-state index < -0.39 is 64.8 Å². The van der Waals surface area contributed by atoms with Gasteiger partial charge >= 0.3 is 39.3 Å². The molecule has 0 aromatic heterocycles. The van der Waals surface area contributed by atoms with Crippen LogP contribution in [0, 0.1) is 5.92 Å². The van der Waals surface area contributed by atoms with Crippen LogP contribution in [0.25, 0.3) is 0 Å². The monoisotopic (exact) mass is 428 g/mol. The summed E-state index contributed by atoms with van der Waals surface area (Å²) in [4.78, 5) is 23.1. The Labute approximate surface area is 151 Å². The van der Waals surface area contributed by atoms with Crippen LogP contribution >= 0.6 is 0 Å². The Balaban J connectivity index is 5.76. The molecular formula is C13H17F5O8S. The second kappa shape index (κ2) is 8.93. The molecule has 0 spiro atoms. The first-order valence-corrected chi connectivity index (χ1v) is 8.52. The quantitative estimate of drug-likeness (QED) is 0.185. The summed E-state index contributed by atoms with van der Waals surface area (Å²) in [5.74, 6) is -8.95. The maximum Gasteiger partial charge on any atom is 0.468 e. The number of ether oxygens (including phenoxy) is 3. The molecule has 0 saturated heterocycles. The summed E-state index contributed by atoms with van der Waals surface area (Å²) in [6.07, 6.45) is -7.52. The van der Waals surface area contributed by atoms with Crippen molar-refractivity contribution in [3.63, 3.8) is 0 Å². The SMILES string of the molecule is C=CC(=O)OC(OCCC(F)(F)S(=O)(=O)O)(C(=O)OCC(C)C)C(F)(F)F. The van der Waals surface area contributed by atoms with E-state index in [1.165, 1.54) is 13.8 Å². The number of halogens is 5. The minimum Gasteiger partial charge on any atom is -0.460 e. The van der Waals surface area contributed by atoms with Gasteiger partial charge in [-0.2, -0.15) is 30.4 Å². The van der Waals surface area contributed by atoms with Gasteiger partial charge in [0.15, 0.2) is 0 Å². The number of rotatable bonds is 10. The third kappa shape index (κ3) is 6.70. The lowest BCUT2D eigenvalue weighted by atomic mass is 10.2. The van der Waals surface area contributed by atoms with Crippen molar-refractivity contribution >= 4 is 22.1 Å². The summed E-state index contributed by atoms with van der Waals surface area (Å²) in [5.41, 5.74) is 0. The number of hydrogen-bond donors (Lipinski definition) is 1. The zero-order chi connectivity index (χ0) is 21.7. The fourth-order valence-electron chi connectivity index (χ4n) is 1.35. The highest BCUT2D eigenvalue weighted by Crippen LogP contribution is 2.37. The van der Waals surface area contributed by atoms with Gasteiger partial charge in [-0.25, -0.2) is 9.59 Å². The van der Waals surface area contributed by atoms with Crippen LogP contribution in [-0.2, 0) is 33.9 Å². The van der Waals surface area contributed by atoms with Crippen molar-refractivity contribution in [2.24, 2.45) is 5.92 Å². The van der Waals surface area contributed by atoms with Gasteiger partial charge in [0.25, 0.3) is 0 Å². The summed E-state index contributed by atoms with van der Waals surface area (Å²) in [6.45, 7) is 3.44. The number of alkyl halides is 5. The molecule has 0 fully saturated rings. The van der Waals surface area contributed by atoms with E-state index in [9.17, 15) is 40.0 Å². The Kier molecular flexibility index (Phi) is 8.33. The molecule has 158 valence electrons. The van der Waals surface area contributed by atoms with Gasteiger partial charge < -0.3 is 14.2 Å². The molecule has 1 atom stereocenters. The molecule has 0 amide bonds. The molecule has 27 heavy (non-hydrogen) atoms. The van der Waals surface area contributed by atoms with Gasteiger partial charge in [-0.05, 0) is 5.92 Å². The summed E-state index contributed by atoms with van der Waals surface area (Å²) in [5, 5.41) is -4.88. The van der Waals surface area contributed by atoms with Crippen LogP contribution in [0.15, 0.2) is 12.7 Å². The molecule has 0 bridgehead atoms. The molecule has 0 aliphatic carbocycles. The van der Waals surface area contributed by atoms with Crippen LogP contribution in [0.1, 0.15) is 20.3 Å². The lowest BCUT2D eigenvalue weighted by Crippen LogP contribution is -2.58. The standard InChI is InChI=1S/C13H17F5O8S/c1-4-9(19)26-12(13(16,17)18,10(20)24-7-8(2)3)25-6-5-11(14,15)27(21,22)23/h4,8H,1,5-7H2,2-3H3,(H,21,22,23). The third-order valence-electron chi connectivity index (χ3n) is 2.68. The molecule has 0 rings (SSSR count). The zero-order valence-electron chi connectivity index (χ0n) is 14.1. The second-order valence-corrected chi connectivity index (χ2v) is 6.99. The van der Waals surface area contributed by atoms with Gasteiger partial charge in [0.1, 0.15) is 0 Å². The van der Waals surface area contributed by atoms with E-state index in [1.54, 1.807) is 0 Å². The van der Waals surface area contributed by atoms with E-state index in [0.717, 1.165) is 0 Å². The van der Waals surface area contributed by atoms with Gasteiger partial charge in [0.2, 0.25) is 0 Å². The molecule has 1 unspecified atom stereocenters. The van der Waals surface area contributed by atoms with Gasteiger partial charge in [0, 0.05) is 6.08 Å². The first-order chi connectivity index (χ1) is 12.0. The lowest BCUT2D eigenvalue weighted by Gasteiger charge is -2.32. The second-order valence-electron chi connectivity index (χ2n) is 5.44. The molecule has 0 aromatic rings. The molecule has 14 heteroatoms. The Bertz CT molecular complexity index is 658. The van der Waals surface area contributed by atoms with Crippen molar-refractivity contribution in [1.29, 1.82) is 0 Å². The van der Waals surface area contributed by atoms with Crippen molar-refractivity contribution in [1.82, 2.24) is 0 Å². The normalized spacial score (nSPS) is 15.1. The third-order valence-corrected chi connectivity index (χ3v) is 3.64. The maximum atomic E-state index is 13.4. The predicted molar refractivity (Wildman–Crippen MR) is 77.9 cm³/mol. The zero-order valence-corrected chi connectivity index (χ0v) is 14.9. The van der Waals surface area contributed by atoms with E-state index in [0.29, 0.717) is 0 Å². The predicted octanol–water partition coefficient (Wildman–Crippen LogP) is 2.06. The van der Waals surface area contributed by atoms with Crippen molar-refractivity contribution in [3.8, 4) is 0 Å². The van der Waals surface area contributed by atoms with E-state index in [1.807, 2.05) is 0 Å². The smallest absolute Gasteiger partial charge is 0.460 e. The first-order valence-electron chi connectivity index (χ1n) is 7.08. The fourth-order valence-corrected chi connectivity index (χ4v) is 1.69. The highest BCUT2D eigenvalue weighted by molar-refractivity contribution is 7.86. The molecule has 0 aliphatic heterocycles. The summed E-state index contributed by atoms with van der Waals surface area (Å²) in [6, 6.07) is 0. The highest BCUT2D eigenvalue weighted by Gasteiger charge is 2.68. The summed E-state index contributed by atoms with van der Waals surface area (Å²) < 4.78 is 108. The maximum absolute atomic E-state index is 13.4. The van der Waals surface area contributed by atoms with E-state index >= 15 is 0 Å². The van der Waals surface area contributed by atoms with E-state index in [-0.39, 0.29) is 6.08 Å². The molecule has 0 radical (unpaired) electrons. The minimum atomic E-state index is -5.96. The number of esters is 2. The van der Waals surface area contributed by atoms with Crippen molar-refractivity contribution < 1.29 is 58.7 Å². The topological polar surface area (TPSA) is 116 Å². The van der Waals surface area contributed by atoms with E-state index in [4.69, 9.17) is 4.55 Å². The molecular weight excluding hydrogens is 411 g/mol. The van der Waals surface area contributed by atoms with Crippen molar-refractivity contribution in [2.75, 3.05) is 13.2 Å². The average molecular weight is 428 g/mol. The number of carbonyl (C=O) groups excluding carboxylic acids is 2. The van der Waals surface area contributed by atoms with Crippen LogP contribution in [0.5, 0.6) is 0 Å². The van der Waals surface area contributed by atoms with Crippen LogP contribution in [0.2, 0.25) is 0 Å². The minimum absolute atomic E-state index is 0.242. The Morgan fingerprint density at radius 1 is 1.19 bits per heavy atom. The first kappa shape index (κ1) is 25.2. The van der Waals surface area contributed by atoms with Crippen molar-refractivity contribution in [3.05, 3.63) is 12.7 Å². The molecule has 8 nitrogen and oxygen atoms in total. The molecule has 0 aromatic carbocycles. The molecule has 0 aliphatic rings. The summed E-state index contributed by atoms with van der Waals surface area (Å²) >= 11 is 0. The molecule has 1 N–H and O–H groups in total. The molecule has 0 saturated carbocycles. The molecule has 0 heterocycles. The highest BCUT2D eigenvalue weighted by atomic mass is 32.2. The van der Waals surface area contributed by atoms with Gasteiger partial charge in [-0.3, -0.25) is 4.55 Å². The van der Waals surface area contributed by atoms with Crippen molar-refractivity contribution in [2.45, 2.75) is 37.5 Å². The van der Waals surface area contributed by atoms with E-state index in [2.05, 4.69) is 20.8 Å². The Morgan fingerprint density at radius 2 is 1.70 bits per heavy atom. The average Bonchev–Trinajstić information content (AvgIpc) is 2.48. The number of hydrogen-bond acceptors (Lipinski definition) is 7. The van der Waals surface area contributed by atoms with Gasteiger partial charge in [-0.15, -0.1) is 0 Å². The largest absolute Gasteiger partial charge is 0.468 e. The Hall–Kier alpha value is -1.80. The number of carbonyl (C=O) groups is 2. The van der Waals surface area contributed by atoms with Crippen LogP contribution in [0.3, 0.4) is 0 Å². The van der Waals surface area contributed by atoms with Crippen LogP contribution < -0.4 is 0 Å². The van der Waals surface area contributed by atoms with Crippen LogP contribution in [0.4, 0.5) is 22.0 Å². The fraction of sp³-hybridized carbons (Fsp3) is 0.692. The van der Waals surface area contributed by atoms with Crippen LogP contribution in [-0.4, -0.2) is 55.3 Å². The van der Waals surface area contributed by atoms with Gasteiger partial charge in [0.05, 0.1) is 19.6 Å².